The van der Waals surface area contributed by atoms with Crippen LogP contribution in [0, 0.1) is 13.8 Å². The molecule has 0 N–H and O–H groups in total. The van der Waals surface area contributed by atoms with Gasteiger partial charge in [0, 0.05) is 19.2 Å². The monoisotopic (exact) mass is 360 g/mol. The molecule has 0 radical (unpaired) electrons. The first-order valence-electron chi connectivity index (χ1n) is 7.98. The molecule has 1 fully saturated rings. The Morgan fingerprint density at radius 2 is 1.79 bits per heavy atom. The van der Waals surface area contributed by atoms with E-state index in [0.717, 1.165) is 23.9 Å². The Kier molecular flexibility index (Phi) is 4.69. The minimum Gasteiger partial charge on any atom is -0.439 e. The lowest BCUT2D eigenvalue weighted by atomic mass is 10.1. The third kappa shape index (κ3) is 2.84. The van der Waals surface area contributed by atoms with Gasteiger partial charge in [-0.1, -0.05) is 24.0 Å². The Balaban J connectivity index is 1.91. The number of carbonyl (C=O) groups excluding carboxylic acids is 1. The smallest absolute Gasteiger partial charge is 0.266 e. The van der Waals surface area contributed by atoms with Crippen LogP contribution in [-0.4, -0.2) is 28.2 Å². The first-order valence-corrected chi connectivity index (χ1v) is 9.21. The average Bonchev–Trinajstić information content (AvgIpc) is 3.02. The van der Waals surface area contributed by atoms with E-state index in [0.29, 0.717) is 15.8 Å². The Morgan fingerprint density at radius 3 is 2.42 bits per heavy atom. The van der Waals surface area contributed by atoms with Crippen LogP contribution < -0.4 is 9.64 Å². The van der Waals surface area contributed by atoms with Gasteiger partial charge in [-0.05, 0) is 57.0 Å². The number of anilines is 1. The van der Waals surface area contributed by atoms with Gasteiger partial charge in [-0.2, -0.15) is 0 Å². The topological polar surface area (TPSA) is 32.8 Å². The fourth-order valence-electron chi connectivity index (χ4n) is 2.74. The third-order valence-corrected chi connectivity index (χ3v) is 5.63. The van der Waals surface area contributed by atoms with Crippen molar-refractivity contribution in [1.82, 2.24) is 4.90 Å². The zero-order valence-corrected chi connectivity index (χ0v) is 15.9. The second-order valence-electron chi connectivity index (χ2n) is 5.70. The number of rotatable bonds is 3. The molecule has 0 aliphatic carbocycles. The molecule has 0 bridgehead atoms. The minimum atomic E-state index is -0.0328. The van der Waals surface area contributed by atoms with Crippen LogP contribution in [0.1, 0.15) is 25.0 Å². The second kappa shape index (κ2) is 6.61. The maximum atomic E-state index is 12.3. The predicted octanol–water partition coefficient (Wildman–Crippen LogP) is 4.13. The molecule has 24 heavy (non-hydrogen) atoms. The molecular formula is C18H20N2O2S2. The highest BCUT2D eigenvalue weighted by Crippen LogP contribution is 2.41. The van der Waals surface area contributed by atoms with Crippen molar-refractivity contribution in [3.8, 4) is 5.75 Å². The fraction of sp³-hybridized carbons (Fsp3) is 0.333. The van der Waals surface area contributed by atoms with Gasteiger partial charge in [0.25, 0.3) is 5.91 Å². The molecule has 126 valence electrons. The number of nitrogens with zero attached hydrogens (tertiary/aromatic N) is 2. The molecule has 1 aromatic carbocycles. The van der Waals surface area contributed by atoms with Gasteiger partial charge >= 0.3 is 0 Å². The fourth-order valence-corrected chi connectivity index (χ4v) is 4.06. The summed E-state index contributed by atoms with van der Waals surface area (Å²) in [4.78, 5) is 16.6. The molecule has 0 saturated carbocycles. The quantitative estimate of drug-likeness (QED) is 0.598. The number of aryl methyl sites for hydroxylation is 2. The Labute approximate surface area is 152 Å². The van der Waals surface area contributed by atoms with Crippen molar-refractivity contribution >= 4 is 39.9 Å². The summed E-state index contributed by atoms with van der Waals surface area (Å²) >= 11 is 6.58. The normalized spacial score (nSPS) is 20.3. The van der Waals surface area contributed by atoms with E-state index in [2.05, 4.69) is 37.8 Å². The molecule has 1 amide bonds. The summed E-state index contributed by atoms with van der Waals surface area (Å²) < 4.78 is 6.61. The molecule has 0 spiro atoms. The molecule has 4 nitrogen and oxygen atoms in total. The molecule has 2 aliphatic rings. The molecule has 0 unspecified atom stereocenters. The maximum absolute atomic E-state index is 12.3. The minimum absolute atomic E-state index is 0.0328. The molecular weight excluding hydrogens is 340 g/mol. The number of fused-ring (bicyclic) bond motifs is 1. The van der Waals surface area contributed by atoms with Crippen molar-refractivity contribution in [3.63, 3.8) is 0 Å². The number of allylic oxidation sites excluding steroid dienone is 2. The van der Waals surface area contributed by atoms with E-state index in [1.807, 2.05) is 13.0 Å². The number of thioether (sulfide) groups is 1. The van der Waals surface area contributed by atoms with Gasteiger partial charge in [0.15, 0.2) is 5.75 Å². The Hall–Kier alpha value is -1.79. The van der Waals surface area contributed by atoms with Crippen LogP contribution in [0.15, 0.2) is 35.1 Å². The summed E-state index contributed by atoms with van der Waals surface area (Å²) in [6, 6.07) is 4.20. The van der Waals surface area contributed by atoms with Crippen LogP contribution in [0.4, 0.5) is 5.69 Å². The van der Waals surface area contributed by atoms with Gasteiger partial charge in [-0.3, -0.25) is 9.69 Å². The molecule has 1 aromatic rings. The van der Waals surface area contributed by atoms with Crippen molar-refractivity contribution in [2.45, 2.75) is 27.7 Å². The van der Waals surface area contributed by atoms with E-state index in [9.17, 15) is 4.79 Å². The zero-order valence-electron chi connectivity index (χ0n) is 14.3. The van der Waals surface area contributed by atoms with Crippen molar-refractivity contribution < 1.29 is 9.53 Å². The molecule has 1 saturated heterocycles. The van der Waals surface area contributed by atoms with Gasteiger partial charge in [0.05, 0.1) is 10.6 Å². The summed E-state index contributed by atoms with van der Waals surface area (Å²) in [5.74, 6) is 1.56. The summed E-state index contributed by atoms with van der Waals surface area (Å²) in [5.41, 5.74) is 3.51. The highest BCUT2D eigenvalue weighted by atomic mass is 32.2. The molecule has 2 heterocycles. The number of carbonyl (C=O) groups is 1. The highest BCUT2D eigenvalue weighted by molar-refractivity contribution is 8.26. The van der Waals surface area contributed by atoms with Crippen LogP contribution in [-0.2, 0) is 4.79 Å². The van der Waals surface area contributed by atoms with Crippen LogP contribution in [0.25, 0.3) is 0 Å². The standard InChI is InChI=1S/C18H20N2O2S2/c1-5-19-13-9-11(3)12(4)10-14(13)22-16(19)8-7-15-17(21)20(6-2)18(23)24-15/h7-10H,5-6H2,1-4H3/b15-7+,16-8-. The SMILES string of the molecule is CCN1C(=O)/C(=C\C=C2/Oc3cc(C)c(C)cc3N2CC)SC1=S. The highest BCUT2D eigenvalue weighted by Gasteiger charge is 2.31. The molecule has 0 aromatic heterocycles. The number of hydrogen-bond donors (Lipinski definition) is 0. The largest absolute Gasteiger partial charge is 0.439 e. The van der Waals surface area contributed by atoms with Gasteiger partial charge in [0.1, 0.15) is 4.32 Å². The van der Waals surface area contributed by atoms with Gasteiger partial charge in [-0.25, -0.2) is 0 Å². The van der Waals surface area contributed by atoms with Crippen LogP contribution in [0.2, 0.25) is 0 Å². The van der Waals surface area contributed by atoms with Crippen molar-refractivity contribution in [2.75, 3.05) is 18.0 Å². The van der Waals surface area contributed by atoms with Gasteiger partial charge < -0.3 is 9.64 Å². The molecule has 0 atom stereocenters. The van der Waals surface area contributed by atoms with E-state index >= 15 is 0 Å². The van der Waals surface area contributed by atoms with Gasteiger partial charge in [0.2, 0.25) is 5.88 Å². The summed E-state index contributed by atoms with van der Waals surface area (Å²) in [5, 5.41) is 0. The van der Waals surface area contributed by atoms with E-state index in [-0.39, 0.29) is 5.91 Å². The van der Waals surface area contributed by atoms with Crippen molar-refractivity contribution in [2.24, 2.45) is 0 Å². The number of benzene rings is 1. The lowest BCUT2D eigenvalue weighted by Crippen LogP contribution is -2.27. The van der Waals surface area contributed by atoms with Crippen LogP contribution in [0.5, 0.6) is 5.75 Å². The van der Waals surface area contributed by atoms with Gasteiger partial charge in [-0.15, -0.1) is 0 Å². The first-order chi connectivity index (χ1) is 11.5. The third-order valence-electron chi connectivity index (χ3n) is 4.23. The van der Waals surface area contributed by atoms with Crippen LogP contribution in [0.3, 0.4) is 0 Å². The average molecular weight is 361 g/mol. The lowest BCUT2D eigenvalue weighted by molar-refractivity contribution is -0.122. The zero-order chi connectivity index (χ0) is 17.4. The van der Waals surface area contributed by atoms with Crippen LogP contribution >= 0.6 is 24.0 Å². The number of likely N-dealkylation sites (N-methyl/N-ethyl adjacent to an activating group) is 1. The van der Waals surface area contributed by atoms with Crippen molar-refractivity contribution in [3.05, 3.63) is 46.2 Å². The number of amides is 1. The Bertz CT molecular complexity index is 783. The molecule has 2 aliphatic heterocycles. The van der Waals surface area contributed by atoms with E-state index in [1.165, 1.54) is 22.9 Å². The number of thiocarbonyl (C=S) groups is 1. The second-order valence-corrected chi connectivity index (χ2v) is 7.38. The maximum Gasteiger partial charge on any atom is 0.266 e. The first kappa shape index (κ1) is 17.0. The van der Waals surface area contributed by atoms with E-state index in [1.54, 1.807) is 11.0 Å². The van der Waals surface area contributed by atoms with Crippen molar-refractivity contribution in [1.29, 1.82) is 0 Å². The Morgan fingerprint density at radius 1 is 1.12 bits per heavy atom. The number of ether oxygens (including phenoxy) is 1. The van der Waals surface area contributed by atoms with E-state index < -0.39 is 0 Å². The molecule has 6 heteroatoms. The van der Waals surface area contributed by atoms with E-state index in [4.69, 9.17) is 17.0 Å². The summed E-state index contributed by atoms with van der Waals surface area (Å²) in [6.07, 6.45) is 3.66. The molecule has 3 rings (SSSR count). The lowest BCUT2D eigenvalue weighted by Gasteiger charge is -2.15. The number of hydrogen-bond acceptors (Lipinski definition) is 5. The summed E-state index contributed by atoms with van der Waals surface area (Å²) in [6.45, 7) is 9.57. The predicted molar refractivity (Wildman–Crippen MR) is 103 cm³/mol. The summed E-state index contributed by atoms with van der Waals surface area (Å²) in [7, 11) is 0.